The summed E-state index contributed by atoms with van der Waals surface area (Å²) in [4.78, 5) is 12.9. The smallest absolute Gasteiger partial charge is 0.432 e. The van der Waals surface area contributed by atoms with Crippen LogP contribution in [0.5, 0.6) is 0 Å². The molecule has 150 valence electrons. The van der Waals surface area contributed by atoms with Gasteiger partial charge in [0.05, 0.1) is 0 Å². The molecule has 2 bridgehead atoms. The highest BCUT2D eigenvalue weighted by Gasteiger charge is 2.65. The number of methoxy groups -OCH3 is 1. The lowest BCUT2D eigenvalue weighted by atomic mass is 9.44. The Bertz CT molecular complexity index is 686. The maximum absolute atomic E-state index is 14.0. The molecular weight excluding hydrogens is 357 g/mol. The van der Waals surface area contributed by atoms with Crippen molar-refractivity contribution >= 4 is 5.97 Å². The normalized spacial score (nSPS) is 31.5. The van der Waals surface area contributed by atoms with Crippen LogP contribution in [0, 0.1) is 23.2 Å². The summed E-state index contributed by atoms with van der Waals surface area (Å²) >= 11 is 0. The van der Waals surface area contributed by atoms with E-state index in [0.717, 1.165) is 20.0 Å². The number of benzene rings is 1. The predicted octanol–water partition coefficient (Wildman–Crippen LogP) is 5.09. The molecule has 3 fully saturated rings. The molecule has 27 heavy (non-hydrogen) atoms. The zero-order valence-corrected chi connectivity index (χ0v) is 16.2. The van der Waals surface area contributed by atoms with Gasteiger partial charge in [-0.05, 0) is 42.4 Å². The second-order valence-corrected chi connectivity index (χ2v) is 8.36. The lowest BCUT2D eigenvalue weighted by Gasteiger charge is -2.62. The summed E-state index contributed by atoms with van der Waals surface area (Å²) in [5.41, 5.74) is -3.21. The van der Waals surface area contributed by atoms with E-state index in [2.05, 4.69) is 13.8 Å². The summed E-state index contributed by atoms with van der Waals surface area (Å²) < 4.78 is 52.5. The average molecular weight is 384 g/mol. The molecule has 3 aliphatic carbocycles. The van der Waals surface area contributed by atoms with Crippen LogP contribution in [0.25, 0.3) is 0 Å². The Morgan fingerprint density at radius 2 is 1.81 bits per heavy atom. The molecule has 0 saturated heterocycles. The maximum Gasteiger partial charge on any atom is 0.432 e. The standard InChI is InChI=1S/C21H27F3O3/c1-5-15-16-11-14(19(16,2)3)12-17(15)27-18(25)20(26-4,21(22,23)24)13-9-7-6-8-10-13/h6-10,14-17H,5,11-12H2,1-4H3/t14-,15+,16+,17+,20-/m0/s1. The van der Waals surface area contributed by atoms with Crippen LogP contribution in [0.15, 0.2) is 30.3 Å². The average Bonchev–Trinajstić information content (AvgIpc) is 2.62. The SMILES string of the molecule is CC[C@@H]1[C@H]2C[C@@H](C[C@H]1OC(=O)[C@@](OC)(c1ccccc1)C(F)(F)F)C2(C)C. The van der Waals surface area contributed by atoms with Gasteiger partial charge in [0, 0.05) is 12.7 Å². The first kappa shape index (κ1) is 20.2. The van der Waals surface area contributed by atoms with Crippen molar-refractivity contribution in [2.24, 2.45) is 23.2 Å². The van der Waals surface area contributed by atoms with Gasteiger partial charge in [-0.1, -0.05) is 51.1 Å². The highest BCUT2D eigenvalue weighted by molar-refractivity contribution is 5.83. The number of carbonyl (C=O) groups is 1. The Hall–Kier alpha value is -1.56. The maximum atomic E-state index is 14.0. The van der Waals surface area contributed by atoms with Gasteiger partial charge in [0.25, 0.3) is 5.60 Å². The molecule has 0 N–H and O–H groups in total. The van der Waals surface area contributed by atoms with E-state index in [1.54, 1.807) is 6.07 Å². The van der Waals surface area contributed by atoms with Gasteiger partial charge >= 0.3 is 12.1 Å². The van der Waals surface area contributed by atoms with Crippen LogP contribution < -0.4 is 0 Å². The minimum absolute atomic E-state index is 0.0764. The molecule has 6 heteroatoms. The van der Waals surface area contributed by atoms with Gasteiger partial charge in [0.2, 0.25) is 0 Å². The highest BCUT2D eigenvalue weighted by atomic mass is 19.4. The first-order valence-electron chi connectivity index (χ1n) is 9.48. The quantitative estimate of drug-likeness (QED) is 0.663. The number of fused-ring (bicyclic) bond motifs is 2. The number of esters is 1. The van der Waals surface area contributed by atoms with Crippen molar-refractivity contribution in [2.45, 2.75) is 57.9 Å². The van der Waals surface area contributed by atoms with E-state index in [4.69, 9.17) is 9.47 Å². The van der Waals surface area contributed by atoms with E-state index < -0.39 is 23.9 Å². The fourth-order valence-corrected chi connectivity index (χ4v) is 5.19. The molecule has 3 saturated carbocycles. The van der Waals surface area contributed by atoms with E-state index in [0.29, 0.717) is 18.3 Å². The zero-order valence-electron chi connectivity index (χ0n) is 16.2. The van der Waals surface area contributed by atoms with E-state index in [9.17, 15) is 18.0 Å². The first-order valence-corrected chi connectivity index (χ1v) is 9.48. The Balaban J connectivity index is 1.90. The van der Waals surface area contributed by atoms with Crippen molar-refractivity contribution in [3.8, 4) is 0 Å². The monoisotopic (exact) mass is 384 g/mol. The third-order valence-electron chi connectivity index (χ3n) is 6.96. The van der Waals surface area contributed by atoms with Gasteiger partial charge in [0.15, 0.2) is 0 Å². The molecule has 0 amide bonds. The third-order valence-corrected chi connectivity index (χ3v) is 6.96. The van der Waals surface area contributed by atoms with Crippen LogP contribution in [0.3, 0.4) is 0 Å². The number of rotatable bonds is 5. The Morgan fingerprint density at radius 1 is 1.19 bits per heavy atom. The number of carbonyl (C=O) groups excluding carboxylic acids is 1. The predicted molar refractivity (Wildman–Crippen MR) is 94.8 cm³/mol. The molecule has 0 unspecified atom stereocenters. The van der Waals surface area contributed by atoms with Gasteiger partial charge in [-0.25, -0.2) is 4.79 Å². The van der Waals surface area contributed by atoms with Gasteiger partial charge in [-0.3, -0.25) is 0 Å². The van der Waals surface area contributed by atoms with Crippen LogP contribution in [-0.4, -0.2) is 25.4 Å². The van der Waals surface area contributed by atoms with Crippen molar-refractivity contribution < 1.29 is 27.4 Å². The van der Waals surface area contributed by atoms with E-state index in [1.165, 1.54) is 24.3 Å². The second-order valence-electron chi connectivity index (χ2n) is 8.36. The van der Waals surface area contributed by atoms with Crippen LogP contribution in [0.2, 0.25) is 0 Å². The molecule has 1 aromatic carbocycles. The number of alkyl halides is 3. The summed E-state index contributed by atoms with van der Waals surface area (Å²) in [5.74, 6) is -0.542. The largest absolute Gasteiger partial charge is 0.459 e. The number of hydrogen-bond acceptors (Lipinski definition) is 3. The topological polar surface area (TPSA) is 35.5 Å². The van der Waals surface area contributed by atoms with Crippen molar-refractivity contribution in [2.75, 3.05) is 7.11 Å². The molecule has 0 aromatic heterocycles. The molecule has 1 aromatic rings. The first-order chi connectivity index (χ1) is 12.6. The number of ether oxygens (including phenoxy) is 2. The third kappa shape index (κ3) is 2.96. The van der Waals surface area contributed by atoms with Crippen LogP contribution in [0.4, 0.5) is 13.2 Å². The summed E-state index contributed by atoms with van der Waals surface area (Å²) in [5, 5.41) is 0. The van der Waals surface area contributed by atoms with E-state index in [1.807, 2.05) is 6.92 Å². The zero-order chi connectivity index (χ0) is 20.0. The fraction of sp³-hybridized carbons (Fsp3) is 0.667. The van der Waals surface area contributed by atoms with Gasteiger partial charge in [-0.15, -0.1) is 0 Å². The molecular formula is C21H27F3O3. The van der Waals surface area contributed by atoms with E-state index in [-0.39, 0.29) is 16.9 Å². The molecule has 3 aliphatic rings. The van der Waals surface area contributed by atoms with Crippen LogP contribution in [-0.2, 0) is 19.9 Å². The number of hydrogen-bond donors (Lipinski definition) is 0. The van der Waals surface area contributed by atoms with Crippen molar-refractivity contribution in [3.63, 3.8) is 0 Å². The highest BCUT2D eigenvalue weighted by Crippen LogP contribution is 2.62. The Kier molecular flexibility index (Phi) is 5.08. The molecule has 5 atom stereocenters. The summed E-state index contributed by atoms with van der Waals surface area (Å²) in [6.07, 6.45) is -2.98. The summed E-state index contributed by atoms with van der Waals surface area (Å²) in [6.45, 7) is 6.40. The fourth-order valence-electron chi connectivity index (χ4n) is 5.19. The van der Waals surface area contributed by atoms with E-state index >= 15 is 0 Å². The lowest BCUT2D eigenvalue weighted by Crippen LogP contribution is -2.60. The minimum atomic E-state index is -4.93. The minimum Gasteiger partial charge on any atom is -0.459 e. The summed E-state index contributed by atoms with van der Waals surface area (Å²) in [7, 11) is 0.903. The van der Waals surface area contributed by atoms with Crippen molar-refractivity contribution in [3.05, 3.63) is 35.9 Å². The Labute approximate surface area is 158 Å². The molecule has 0 spiro atoms. The van der Waals surface area contributed by atoms with Crippen molar-refractivity contribution in [1.82, 2.24) is 0 Å². The summed E-state index contributed by atoms with van der Waals surface area (Å²) in [6, 6.07) is 6.99. The lowest BCUT2D eigenvalue weighted by molar-refractivity contribution is -0.283. The van der Waals surface area contributed by atoms with Crippen molar-refractivity contribution in [1.29, 1.82) is 0 Å². The molecule has 0 radical (unpaired) electrons. The van der Waals surface area contributed by atoms with Crippen LogP contribution >= 0.6 is 0 Å². The Morgan fingerprint density at radius 3 is 2.30 bits per heavy atom. The second kappa shape index (κ2) is 6.80. The van der Waals surface area contributed by atoms with Gasteiger partial charge in [0.1, 0.15) is 6.10 Å². The molecule has 0 aliphatic heterocycles. The van der Waals surface area contributed by atoms with Gasteiger partial charge in [-0.2, -0.15) is 13.2 Å². The van der Waals surface area contributed by atoms with Gasteiger partial charge < -0.3 is 9.47 Å². The molecule has 4 rings (SSSR count). The van der Waals surface area contributed by atoms with Crippen LogP contribution in [0.1, 0.15) is 45.6 Å². The molecule has 3 nitrogen and oxygen atoms in total. The molecule has 0 heterocycles. The number of halogens is 3.